The van der Waals surface area contributed by atoms with Gasteiger partial charge < -0.3 is 5.11 Å². The first-order valence-electron chi connectivity index (χ1n) is 3.95. The van der Waals surface area contributed by atoms with Gasteiger partial charge in [0.25, 0.3) is 0 Å². The van der Waals surface area contributed by atoms with Gasteiger partial charge in [-0.2, -0.15) is 0 Å². The van der Waals surface area contributed by atoms with E-state index in [-0.39, 0.29) is 0 Å². The Morgan fingerprint density at radius 3 is 2.44 bits per heavy atom. The highest BCUT2D eigenvalue weighted by molar-refractivity contribution is 4.70. The Kier molecular flexibility index (Phi) is 2.52. The molecule has 1 heteroatoms. The van der Waals surface area contributed by atoms with Crippen LogP contribution in [0.15, 0.2) is 0 Å². The van der Waals surface area contributed by atoms with E-state index in [1.807, 2.05) is 0 Å². The molecule has 1 aliphatic carbocycles. The Morgan fingerprint density at radius 2 is 2.00 bits per heavy atom. The van der Waals surface area contributed by atoms with E-state index in [2.05, 4.69) is 6.92 Å². The van der Waals surface area contributed by atoms with Crippen LogP contribution in [0.25, 0.3) is 0 Å². The van der Waals surface area contributed by atoms with E-state index < -0.39 is 0 Å². The number of rotatable bonds is 1. The quantitative estimate of drug-likeness (QED) is 0.571. The van der Waals surface area contributed by atoms with Gasteiger partial charge in [0.2, 0.25) is 0 Å². The minimum atomic E-state index is 0.404. The summed E-state index contributed by atoms with van der Waals surface area (Å²) in [7, 11) is 0. The van der Waals surface area contributed by atoms with Crippen molar-refractivity contribution in [2.45, 2.75) is 32.6 Å². The molecule has 1 fully saturated rings. The van der Waals surface area contributed by atoms with Crippen molar-refractivity contribution in [1.82, 2.24) is 0 Å². The molecule has 0 aromatic rings. The Hall–Kier alpha value is -0.0400. The molecule has 0 spiro atoms. The van der Waals surface area contributed by atoms with Crippen LogP contribution in [0.5, 0.6) is 0 Å². The van der Waals surface area contributed by atoms with Crippen LogP contribution in [0.3, 0.4) is 0 Å². The molecule has 0 saturated heterocycles. The molecule has 0 amide bonds. The summed E-state index contributed by atoms with van der Waals surface area (Å²) in [6.45, 7) is 2.65. The van der Waals surface area contributed by atoms with Crippen molar-refractivity contribution in [2.75, 3.05) is 6.61 Å². The summed E-state index contributed by atoms with van der Waals surface area (Å²) < 4.78 is 0. The Balaban J connectivity index is 2.30. The maximum atomic E-state index is 8.86. The fourth-order valence-electron chi connectivity index (χ4n) is 1.66. The fraction of sp³-hybridized carbons (Fsp3) is 1.00. The van der Waals surface area contributed by atoms with Crippen molar-refractivity contribution in [3.8, 4) is 0 Å². The molecule has 0 aliphatic heterocycles. The van der Waals surface area contributed by atoms with Crippen LogP contribution in [0, 0.1) is 11.8 Å². The van der Waals surface area contributed by atoms with Gasteiger partial charge >= 0.3 is 0 Å². The zero-order valence-corrected chi connectivity index (χ0v) is 6.14. The monoisotopic (exact) mass is 128 g/mol. The first kappa shape index (κ1) is 7.07. The van der Waals surface area contributed by atoms with Crippen LogP contribution in [0.1, 0.15) is 32.6 Å². The normalized spacial score (nSPS) is 36.7. The van der Waals surface area contributed by atoms with Crippen molar-refractivity contribution >= 4 is 0 Å². The average Bonchev–Trinajstić information content (AvgIpc) is 1.89. The summed E-state index contributed by atoms with van der Waals surface area (Å²) >= 11 is 0. The summed E-state index contributed by atoms with van der Waals surface area (Å²) in [5.74, 6) is 1.38. The number of aliphatic hydroxyl groups is 1. The molecule has 1 saturated carbocycles. The van der Waals surface area contributed by atoms with Gasteiger partial charge in [0.1, 0.15) is 0 Å². The second kappa shape index (κ2) is 3.21. The second-order valence-electron chi connectivity index (χ2n) is 3.20. The van der Waals surface area contributed by atoms with E-state index in [9.17, 15) is 0 Å². The van der Waals surface area contributed by atoms with Crippen LogP contribution in [-0.2, 0) is 0 Å². The Bertz CT molecular complexity index is 80.6. The third-order valence-electron chi connectivity index (χ3n) is 2.52. The zero-order chi connectivity index (χ0) is 6.69. The van der Waals surface area contributed by atoms with Crippen molar-refractivity contribution in [2.24, 2.45) is 11.8 Å². The van der Waals surface area contributed by atoms with Crippen LogP contribution in [0.2, 0.25) is 0 Å². The van der Waals surface area contributed by atoms with Gasteiger partial charge in [0.05, 0.1) is 0 Å². The van der Waals surface area contributed by atoms with E-state index in [1.54, 1.807) is 0 Å². The maximum absolute atomic E-state index is 8.86. The third-order valence-corrected chi connectivity index (χ3v) is 2.52. The highest BCUT2D eigenvalue weighted by Crippen LogP contribution is 2.28. The lowest BCUT2D eigenvalue weighted by Crippen LogP contribution is -2.19. The predicted molar refractivity (Wildman–Crippen MR) is 38.2 cm³/mol. The Morgan fingerprint density at radius 1 is 1.33 bits per heavy atom. The van der Waals surface area contributed by atoms with Crippen LogP contribution in [-0.4, -0.2) is 11.7 Å². The lowest BCUT2D eigenvalue weighted by Gasteiger charge is -2.26. The molecule has 1 aliphatic rings. The molecule has 54 valence electrons. The van der Waals surface area contributed by atoms with Gasteiger partial charge in [-0.05, 0) is 18.3 Å². The third kappa shape index (κ3) is 1.68. The molecule has 2 atom stereocenters. The van der Waals surface area contributed by atoms with Gasteiger partial charge in [-0.1, -0.05) is 26.2 Å². The van der Waals surface area contributed by atoms with Crippen LogP contribution in [0.4, 0.5) is 0 Å². The van der Waals surface area contributed by atoms with Crippen LogP contribution >= 0.6 is 0 Å². The van der Waals surface area contributed by atoms with Crippen molar-refractivity contribution < 1.29 is 5.11 Å². The second-order valence-corrected chi connectivity index (χ2v) is 3.20. The fourth-order valence-corrected chi connectivity index (χ4v) is 1.66. The number of hydrogen-bond donors (Lipinski definition) is 1. The first-order chi connectivity index (χ1) is 4.34. The molecule has 0 heterocycles. The lowest BCUT2D eigenvalue weighted by atomic mass is 9.81. The molecule has 1 unspecified atom stereocenters. The Labute approximate surface area is 57.1 Å². The average molecular weight is 128 g/mol. The smallest absolute Gasteiger partial charge is 0.0461 e. The molecule has 9 heavy (non-hydrogen) atoms. The summed E-state index contributed by atoms with van der Waals surface area (Å²) in [6, 6.07) is 0. The summed E-state index contributed by atoms with van der Waals surface area (Å²) in [5.41, 5.74) is 0. The van der Waals surface area contributed by atoms with Crippen LogP contribution < -0.4 is 0 Å². The van der Waals surface area contributed by atoms with Gasteiger partial charge in [-0.25, -0.2) is 0 Å². The molecule has 0 bridgehead atoms. The summed E-state index contributed by atoms with van der Waals surface area (Å²) in [6.07, 6.45) is 5.27. The van der Waals surface area contributed by atoms with E-state index >= 15 is 0 Å². The molecular weight excluding hydrogens is 112 g/mol. The molecule has 0 aromatic heterocycles. The van der Waals surface area contributed by atoms with Gasteiger partial charge in [-0.3, -0.25) is 0 Å². The van der Waals surface area contributed by atoms with Gasteiger partial charge in [0.15, 0.2) is 0 Å². The highest BCUT2D eigenvalue weighted by atomic mass is 16.3. The maximum Gasteiger partial charge on any atom is 0.0461 e. The minimum Gasteiger partial charge on any atom is -0.396 e. The molecule has 1 nitrogen and oxygen atoms in total. The predicted octanol–water partition coefficient (Wildman–Crippen LogP) is 1.81. The van der Waals surface area contributed by atoms with Crippen molar-refractivity contribution in [1.29, 1.82) is 0 Å². The van der Waals surface area contributed by atoms with E-state index in [0.717, 1.165) is 5.92 Å². The SMILES string of the molecule is C[C@H]1CCCCC1CO. The van der Waals surface area contributed by atoms with E-state index in [1.165, 1.54) is 25.7 Å². The first-order valence-corrected chi connectivity index (χ1v) is 3.95. The van der Waals surface area contributed by atoms with E-state index in [0.29, 0.717) is 12.5 Å². The molecule has 0 aromatic carbocycles. The summed E-state index contributed by atoms with van der Waals surface area (Å²) in [5, 5.41) is 8.86. The van der Waals surface area contributed by atoms with Gasteiger partial charge in [-0.15, -0.1) is 0 Å². The van der Waals surface area contributed by atoms with E-state index in [4.69, 9.17) is 5.11 Å². The topological polar surface area (TPSA) is 20.2 Å². The zero-order valence-electron chi connectivity index (χ0n) is 6.14. The summed E-state index contributed by atoms with van der Waals surface area (Å²) in [4.78, 5) is 0. The van der Waals surface area contributed by atoms with Crippen molar-refractivity contribution in [3.05, 3.63) is 0 Å². The highest BCUT2D eigenvalue weighted by Gasteiger charge is 2.19. The minimum absolute atomic E-state index is 0.404. The standard InChI is InChI=1S/C8H16O/c1-7-4-2-3-5-8(7)6-9/h7-9H,2-6H2,1H3/t7-,8?/m0/s1. The molecule has 0 radical (unpaired) electrons. The molecule has 1 N–H and O–H groups in total. The van der Waals surface area contributed by atoms with Crippen molar-refractivity contribution in [3.63, 3.8) is 0 Å². The van der Waals surface area contributed by atoms with Gasteiger partial charge in [0, 0.05) is 6.61 Å². The number of hydrogen-bond acceptors (Lipinski definition) is 1. The lowest BCUT2D eigenvalue weighted by molar-refractivity contribution is 0.144. The number of aliphatic hydroxyl groups excluding tert-OH is 1. The molecule has 1 rings (SSSR count). The largest absolute Gasteiger partial charge is 0.396 e. The molecular formula is C8H16O.